The summed E-state index contributed by atoms with van der Waals surface area (Å²) in [5, 5.41) is 2.26. The van der Waals surface area contributed by atoms with Crippen LogP contribution in [0.3, 0.4) is 0 Å². The highest BCUT2D eigenvalue weighted by atomic mass is 32.2. The number of hydrogen-bond donors (Lipinski definition) is 1. The number of carbonyl (C=O) groups is 3. The highest BCUT2D eigenvalue weighted by Crippen LogP contribution is 2.35. The van der Waals surface area contributed by atoms with Crippen molar-refractivity contribution in [2.24, 2.45) is 0 Å². The maximum atomic E-state index is 12.9. The lowest BCUT2D eigenvalue weighted by Crippen LogP contribution is -2.36. The summed E-state index contributed by atoms with van der Waals surface area (Å²) in [5.74, 6) is 0.173. The lowest BCUT2D eigenvalue weighted by molar-refractivity contribution is -0.127. The van der Waals surface area contributed by atoms with Gasteiger partial charge in [-0.25, -0.2) is 0 Å². The van der Waals surface area contributed by atoms with Crippen LogP contribution in [0.5, 0.6) is 11.5 Å². The lowest BCUT2D eigenvalue weighted by atomic mass is 10.1. The molecule has 196 valence electrons. The molecular weight excluding hydrogens is 520 g/mol. The molecule has 1 saturated heterocycles. The Hall–Kier alpha value is -3.69. The Morgan fingerprint density at radius 3 is 2.61 bits per heavy atom. The van der Waals surface area contributed by atoms with E-state index in [-0.39, 0.29) is 11.4 Å². The van der Waals surface area contributed by atoms with Crippen molar-refractivity contribution < 1.29 is 23.9 Å². The molecule has 1 fully saturated rings. The molecule has 0 bridgehead atoms. The molecule has 3 aromatic carbocycles. The molecule has 38 heavy (non-hydrogen) atoms. The van der Waals surface area contributed by atoms with E-state index in [1.54, 1.807) is 42.1 Å². The van der Waals surface area contributed by atoms with Crippen LogP contribution < -0.4 is 14.8 Å². The summed E-state index contributed by atoms with van der Waals surface area (Å²) >= 11 is 2.36. The Morgan fingerprint density at radius 2 is 1.84 bits per heavy atom. The molecule has 0 radical (unpaired) electrons. The van der Waals surface area contributed by atoms with Gasteiger partial charge in [-0.05, 0) is 79.4 Å². The number of hydrogen-bond acceptors (Lipinski definition) is 7. The van der Waals surface area contributed by atoms with Crippen LogP contribution in [0.1, 0.15) is 23.6 Å². The van der Waals surface area contributed by atoms with Crippen LogP contribution in [-0.4, -0.2) is 41.4 Å². The van der Waals surface area contributed by atoms with Gasteiger partial charge in [0.1, 0.15) is 13.2 Å². The van der Waals surface area contributed by atoms with Crippen LogP contribution in [0.15, 0.2) is 76.5 Å². The van der Waals surface area contributed by atoms with Crippen molar-refractivity contribution in [3.8, 4) is 11.5 Å². The number of rotatable bonds is 10. The first-order valence-electron chi connectivity index (χ1n) is 12.0. The summed E-state index contributed by atoms with van der Waals surface area (Å²) in [6.45, 7) is 4.38. The summed E-state index contributed by atoms with van der Waals surface area (Å²) < 4.78 is 11.8. The second kappa shape index (κ2) is 12.7. The molecule has 4 rings (SSSR count). The zero-order valence-corrected chi connectivity index (χ0v) is 23.0. The van der Waals surface area contributed by atoms with Crippen LogP contribution in [0, 0.1) is 6.92 Å². The smallest absolute Gasteiger partial charge is 0.294 e. The van der Waals surface area contributed by atoms with Gasteiger partial charge < -0.3 is 14.8 Å². The predicted octanol–water partition coefficient (Wildman–Crippen LogP) is 6.37. The second-order valence-corrected chi connectivity index (χ2v) is 10.3. The van der Waals surface area contributed by atoms with Gasteiger partial charge in [0.25, 0.3) is 11.1 Å². The van der Waals surface area contributed by atoms with E-state index >= 15 is 0 Å². The van der Waals surface area contributed by atoms with Crippen molar-refractivity contribution in [2.75, 3.05) is 24.7 Å². The van der Waals surface area contributed by atoms with Gasteiger partial charge in [0, 0.05) is 10.6 Å². The number of imide groups is 1. The highest BCUT2D eigenvalue weighted by Gasteiger charge is 2.36. The van der Waals surface area contributed by atoms with Gasteiger partial charge in [-0.1, -0.05) is 42.0 Å². The van der Waals surface area contributed by atoms with E-state index < -0.39 is 17.1 Å². The minimum absolute atomic E-state index is 0.239. The van der Waals surface area contributed by atoms with E-state index in [4.69, 9.17) is 9.47 Å². The van der Waals surface area contributed by atoms with E-state index in [0.29, 0.717) is 36.0 Å². The Bertz CT molecular complexity index is 1390. The van der Waals surface area contributed by atoms with Gasteiger partial charge in [0.2, 0.25) is 5.91 Å². The van der Waals surface area contributed by atoms with E-state index in [0.717, 1.165) is 32.7 Å². The Labute approximate surface area is 230 Å². The van der Waals surface area contributed by atoms with E-state index in [1.165, 1.54) is 0 Å². The molecule has 3 amide bonds. The van der Waals surface area contributed by atoms with Crippen LogP contribution >= 0.6 is 23.5 Å². The number of benzene rings is 3. The largest absolute Gasteiger partial charge is 0.490 e. The number of amides is 3. The molecule has 0 aromatic heterocycles. The molecule has 0 aliphatic carbocycles. The first-order chi connectivity index (χ1) is 18.4. The van der Waals surface area contributed by atoms with Crippen LogP contribution in [0.4, 0.5) is 10.5 Å². The van der Waals surface area contributed by atoms with E-state index in [9.17, 15) is 14.4 Å². The fourth-order valence-electron chi connectivity index (χ4n) is 3.80. The first-order valence-corrected chi connectivity index (χ1v) is 14.0. The maximum Gasteiger partial charge on any atom is 0.294 e. The highest BCUT2D eigenvalue weighted by molar-refractivity contribution is 8.18. The molecule has 1 heterocycles. The summed E-state index contributed by atoms with van der Waals surface area (Å²) in [5.41, 5.74) is 3.49. The van der Waals surface area contributed by atoms with Crippen LogP contribution in [0.2, 0.25) is 0 Å². The third kappa shape index (κ3) is 6.99. The van der Waals surface area contributed by atoms with E-state index in [2.05, 4.69) is 11.4 Å². The SMILES string of the molecule is CCOc1cc(/C=C2\SC(=O)N(CC(=O)Nc3cccc(SC)c3)C2=O)ccc1OCc1cccc(C)c1. The van der Waals surface area contributed by atoms with Gasteiger partial charge in [0.05, 0.1) is 11.5 Å². The molecule has 3 aromatic rings. The number of thioether (sulfide) groups is 2. The molecule has 1 N–H and O–H groups in total. The predicted molar refractivity (Wildman–Crippen MR) is 153 cm³/mol. The monoisotopic (exact) mass is 548 g/mol. The van der Waals surface area contributed by atoms with Gasteiger partial charge in [0.15, 0.2) is 11.5 Å². The standard InChI is InChI=1S/C29H28N2O5S2/c1-4-35-25-14-20(11-12-24(25)36-18-21-8-5-7-19(2)13-21)15-26-28(33)31(29(34)38-26)17-27(32)30-22-9-6-10-23(16-22)37-3/h5-16H,4,17-18H2,1-3H3,(H,30,32)/b26-15-. The normalized spacial score (nSPS) is 14.2. The molecular formula is C29H28N2O5S2. The molecule has 1 aliphatic heterocycles. The van der Waals surface area contributed by atoms with E-state index in [1.807, 2.05) is 56.5 Å². The summed E-state index contributed by atoms with van der Waals surface area (Å²) in [7, 11) is 0. The van der Waals surface area contributed by atoms with Crippen molar-refractivity contribution in [3.05, 3.63) is 88.3 Å². The third-order valence-corrected chi connectivity index (χ3v) is 7.20. The topological polar surface area (TPSA) is 84.9 Å². The van der Waals surface area contributed by atoms with Gasteiger partial charge in [-0.2, -0.15) is 0 Å². The molecule has 9 heteroatoms. The molecule has 7 nitrogen and oxygen atoms in total. The number of nitrogens with one attached hydrogen (secondary N) is 1. The number of ether oxygens (including phenoxy) is 2. The number of carbonyl (C=O) groups excluding carboxylic acids is 3. The van der Waals surface area contributed by atoms with Gasteiger partial charge in [-0.3, -0.25) is 19.3 Å². The quantitative estimate of drug-likeness (QED) is 0.233. The number of aryl methyl sites for hydroxylation is 1. The first kappa shape index (κ1) is 27.3. The number of anilines is 1. The van der Waals surface area contributed by atoms with Crippen molar-refractivity contribution in [1.82, 2.24) is 4.90 Å². The van der Waals surface area contributed by atoms with Crippen molar-refractivity contribution in [3.63, 3.8) is 0 Å². The van der Waals surface area contributed by atoms with Crippen molar-refractivity contribution >= 4 is 52.3 Å². The van der Waals surface area contributed by atoms with Crippen molar-refractivity contribution in [1.29, 1.82) is 0 Å². The molecule has 0 saturated carbocycles. The zero-order valence-electron chi connectivity index (χ0n) is 21.4. The average Bonchev–Trinajstić information content (AvgIpc) is 3.15. The van der Waals surface area contributed by atoms with Crippen molar-refractivity contribution in [2.45, 2.75) is 25.3 Å². The maximum absolute atomic E-state index is 12.9. The second-order valence-electron chi connectivity index (χ2n) is 8.46. The minimum Gasteiger partial charge on any atom is -0.490 e. The Kier molecular flexibility index (Phi) is 9.15. The minimum atomic E-state index is -0.509. The molecule has 0 atom stereocenters. The molecule has 0 spiro atoms. The Morgan fingerprint density at radius 1 is 1.03 bits per heavy atom. The summed E-state index contributed by atoms with van der Waals surface area (Å²) in [6, 6.07) is 20.8. The number of nitrogens with zero attached hydrogens (tertiary/aromatic N) is 1. The van der Waals surface area contributed by atoms with Gasteiger partial charge >= 0.3 is 0 Å². The van der Waals surface area contributed by atoms with Crippen LogP contribution in [-0.2, 0) is 16.2 Å². The Balaban J connectivity index is 1.44. The fraction of sp³-hybridized carbons (Fsp3) is 0.207. The van der Waals surface area contributed by atoms with Crippen LogP contribution in [0.25, 0.3) is 6.08 Å². The molecule has 1 aliphatic rings. The summed E-state index contributed by atoms with van der Waals surface area (Å²) in [4.78, 5) is 40.2. The zero-order chi connectivity index (χ0) is 27.1. The lowest BCUT2D eigenvalue weighted by Gasteiger charge is -2.13. The fourth-order valence-corrected chi connectivity index (χ4v) is 5.10. The summed E-state index contributed by atoms with van der Waals surface area (Å²) in [6.07, 6.45) is 3.56. The average molecular weight is 549 g/mol. The third-order valence-electron chi connectivity index (χ3n) is 5.57. The van der Waals surface area contributed by atoms with Gasteiger partial charge in [-0.15, -0.1) is 11.8 Å². The molecule has 0 unspecified atom stereocenters.